The number of carboxylic acid groups (broad SMARTS) is 1. The average molecular weight is 224 g/mol. The zero-order valence-electron chi connectivity index (χ0n) is 9.64. The molecule has 3 rings (SSSR count). The van der Waals surface area contributed by atoms with Crippen LogP contribution in [0.2, 0.25) is 0 Å². The molecule has 16 heavy (non-hydrogen) atoms. The molecular formula is C12H20N2O2. The Morgan fingerprint density at radius 2 is 2.06 bits per heavy atom. The molecule has 0 aromatic heterocycles. The Balaban J connectivity index is 1.70. The van der Waals surface area contributed by atoms with Gasteiger partial charge in [0, 0.05) is 24.7 Å². The molecule has 1 aliphatic carbocycles. The standard InChI is InChI=1S/C12H20N2O2/c15-12(16)8-14(9-3-4-9)11-5-7-13-6-1-2-10(11)13/h9-11H,1-8H2,(H,15,16). The molecule has 2 aliphatic heterocycles. The molecule has 2 heterocycles. The van der Waals surface area contributed by atoms with Crippen LogP contribution in [0.15, 0.2) is 0 Å². The third-order valence-corrected chi connectivity index (χ3v) is 4.33. The highest BCUT2D eigenvalue weighted by atomic mass is 16.4. The molecule has 0 radical (unpaired) electrons. The van der Waals surface area contributed by atoms with E-state index in [1.807, 2.05) is 0 Å². The minimum Gasteiger partial charge on any atom is -0.480 e. The van der Waals surface area contributed by atoms with Gasteiger partial charge in [-0.1, -0.05) is 0 Å². The number of aliphatic carboxylic acids is 1. The van der Waals surface area contributed by atoms with E-state index in [0.717, 1.165) is 0 Å². The maximum atomic E-state index is 10.9. The molecule has 1 N–H and O–H groups in total. The summed E-state index contributed by atoms with van der Waals surface area (Å²) in [5, 5.41) is 9.01. The van der Waals surface area contributed by atoms with E-state index in [2.05, 4.69) is 9.80 Å². The lowest BCUT2D eigenvalue weighted by Gasteiger charge is -2.31. The topological polar surface area (TPSA) is 43.8 Å². The third kappa shape index (κ3) is 1.84. The van der Waals surface area contributed by atoms with Gasteiger partial charge in [0.1, 0.15) is 0 Å². The van der Waals surface area contributed by atoms with E-state index in [4.69, 9.17) is 5.11 Å². The van der Waals surface area contributed by atoms with E-state index < -0.39 is 5.97 Å². The molecule has 0 aromatic rings. The number of nitrogens with zero attached hydrogens (tertiary/aromatic N) is 2. The summed E-state index contributed by atoms with van der Waals surface area (Å²) < 4.78 is 0. The first-order valence-corrected chi connectivity index (χ1v) is 6.47. The van der Waals surface area contributed by atoms with Crippen LogP contribution < -0.4 is 0 Å². The van der Waals surface area contributed by atoms with Crippen molar-refractivity contribution in [2.45, 2.75) is 50.2 Å². The van der Waals surface area contributed by atoms with Crippen molar-refractivity contribution >= 4 is 5.97 Å². The summed E-state index contributed by atoms with van der Waals surface area (Å²) in [6.07, 6.45) is 6.15. The predicted molar refractivity (Wildman–Crippen MR) is 60.4 cm³/mol. The second kappa shape index (κ2) is 4.00. The summed E-state index contributed by atoms with van der Waals surface area (Å²) >= 11 is 0. The average Bonchev–Trinajstić information content (AvgIpc) is 2.82. The fourth-order valence-electron chi connectivity index (χ4n) is 3.52. The number of rotatable bonds is 4. The summed E-state index contributed by atoms with van der Waals surface area (Å²) in [5.74, 6) is -0.664. The Morgan fingerprint density at radius 3 is 2.75 bits per heavy atom. The van der Waals surface area contributed by atoms with Gasteiger partial charge in [0.05, 0.1) is 6.54 Å². The van der Waals surface area contributed by atoms with E-state index in [-0.39, 0.29) is 6.54 Å². The lowest BCUT2D eigenvalue weighted by Crippen LogP contribution is -2.46. The van der Waals surface area contributed by atoms with Crippen LogP contribution in [0.5, 0.6) is 0 Å². The number of hydrogen-bond acceptors (Lipinski definition) is 3. The number of carbonyl (C=O) groups is 1. The fraction of sp³-hybridized carbons (Fsp3) is 0.917. The van der Waals surface area contributed by atoms with Crippen molar-refractivity contribution in [2.24, 2.45) is 0 Å². The zero-order chi connectivity index (χ0) is 11.1. The fourth-order valence-corrected chi connectivity index (χ4v) is 3.52. The molecule has 4 nitrogen and oxygen atoms in total. The van der Waals surface area contributed by atoms with Crippen LogP contribution in [-0.4, -0.2) is 58.6 Å². The minimum absolute atomic E-state index is 0.250. The number of carboxylic acids is 1. The van der Waals surface area contributed by atoms with Gasteiger partial charge in [0.2, 0.25) is 0 Å². The van der Waals surface area contributed by atoms with Crippen molar-refractivity contribution in [3.05, 3.63) is 0 Å². The van der Waals surface area contributed by atoms with Crippen molar-refractivity contribution < 1.29 is 9.90 Å². The predicted octanol–water partition coefficient (Wildman–Crippen LogP) is 0.772. The smallest absolute Gasteiger partial charge is 0.317 e. The molecule has 0 spiro atoms. The van der Waals surface area contributed by atoms with Crippen LogP contribution >= 0.6 is 0 Å². The lowest BCUT2D eigenvalue weighted by atomic mass is 10.0. The second-order valence-electron chi connectivity index (χ2n) is 5.40. The van der Waals surface area contributed by atoms with Crippen LogP contribution in [0.1, 0.15) is 32.1 Å². The maximum Gasteiger partial charge on any atom is 0.317 e. The van der Waals surface area contributed by atoms with Gasteiger partial charge >= 0.3 is 5.97 Å². The molecule has 3 aliphatic rings. The van der Waals surface area contributed by atoms with E-state index in [1.165, 1.54) is 45.2 Å². The number of hydrogen-bond donors (Lipinski definition) is 1. The summed E-state index contributed by atoms with van der Waals surface area (Å²) in [5.41, 5.74) is 0. The Morgan fingerprint density at radius 1 is 1.25 bits per heavy atom. The van der Waals surface area contributed by atoms with Crippen LogP contribution in [0.3, 0.4) is 0 Å². The monoisotopic (exact) mass is 224 g/mol. The maximum absolute atomic E-state index is 10.9. The summed E-state index contributed by atoms with van der Waals surface area (Å²) in [4.78, 5) is 15.8. The van der Waals surface area contributed by atoms with Gasteiger partial charge in [-0.2, -0.15) is 0 Å². The summed E-state index contributed by atoms with van der Waals surface area (Å²) in [6.45, 7) is 2.66. The molecule has 0 aromatic carbocycles. The van der Waals surface area contributed by atoms with Crippen molar-refractivity contribution in [1.29, 1.82) is 0 Å². The highest BCUT2D eigenvalue weighted by Gasteiger charge is 2.44. The Hall–Kier alpha value is -0.610. The second-order valence-corrected chi connectivity index (χ2v) is 5.40. The SMILES string of the molecule is O=C(O)CN(C1CC1)C1CCN2CCCC12. The van der Waals surface area contributed by atoms with Gasteiger partial charge in [-0.3, -0.25) is 14.6 Å². The molecule has 0 bridgehead atoms. The third-order valence-electron chi connectivity index (χ3n) is 4.33. The van der Waals surface area contributed by atoms with Gasteiger partial charge in [0.25, 0.3) is 0 Å². The van der Waals surface area contributed by atoms with Crippen LogP contribution in [-0.2, 0) is 4.79 Å². The van der Waals surface area contributed by atoms with E-state index in [0.29, 0.717) is 18.1 Å². The molecule has 90 valence electrons. The molecule has 2 unspecified atom stereocenters. The molecule has 2 atom stereocenters. The van der Waals surface area contributed by atoms with E-state index in [1.54, 1.807) is 0 Å². The van der Waals surface area contributed by atoms with Crippen LogP contribution in [0.25, 0.3) is 0 Å². The number of fused-ring (bicyclic) bond motifs is 1. The Bertz CT molecular complexity index is 291. The molecule has 1 saturated carbocycles. The highest BCUT2D eigenvalue weighted by Crippen LogP contribution is 2.37. The van der Waals surface area contributed by atoms with Crippen molar-refractivity contribution in [2.75, 3.05) is 19.6 Å². The molecular weight excluding hydrogens is 204 g/mol. The van der Waals surface area contributed by atoms with Crippen molar-refractivity contribution in [1.82, 2.24) is 9.80 Å². The summed E-state index contributed by atoms with van der Waals surface area (Å²) in [6, 6.07) is 1.74. The Labute approximate surface area is 96.2 Å². The molecule has 0 amide bonds. The van der Waals surface area contributed by atoms with E-state index >= 15 is 0 Å². The van der Waals surface area contributed by atoms with Crippen LogP contribution in [0.4, 0.5) is 0 Å². The largest absolute Gasteiger partial charge is 0.480 e. The van der Waals surface area contributed by atoms with Gasteiger partial charge in [-0.15, -0.1) is 0 Å². The van der Waals surface area contributed by atoms with Gasteiger partial charge < -0.3 is 5.11 Å². The first-order chi connectivity index (χ1) is 7.75. The van der Waals surface area contributed by atoms with Gasteiger partial charge in [-0.05, 0) is 38.6 Å². The molecule has 4 heteroatoms. The van der Waals surface area contributed by atoms with Crippen molar-refractivity contribution in [3.8, 4) is 0 Å². The molecule has 3 fully saturated rings. The normalized spacial score (nSPS) is 34.6. The first-order valence-electron chi connectivity index (χ1n) is 6.47. The summed E-state index contributed by atoms with van der Waals surface area (Å²) in [7, 11) is 0. The van der Waals surface area contributed by atoms with Gasteiger partial charge in [0.15, 0.2) is 0 Å². The van der Waals surface area contributed by atoms with Crippen molar-refractivity contribution in [3.63, 3.8) is 0 Å². The van der Waals surface area contributed by atoms with E-state index in [9.17, 15) is 4.79 Å². The minimum atomic E-state index is -0.664. The quantitative estimate of drug-likeness (QED) is 0.766. The Kier molecular flexibility index (Phi) is 2.64. The highest BCUT2D eigenvalue weighted by molar-refractivity contribution is 5.69. The molecule has 2 saturated heterocycles. The first kappa shape index (κ1) is 10.5. The van der Waals surface area contributed by atoms with Gasteiger partial charge in [-0.25, -0.2) is 0 Å². The van der Waals surface area contributed by atoms with Crippen LogP contribution in [0, 0.1) is 0 Å². The zero-order valence-corrected chi connectivity index (χ0v) is 9.64. The lowest BCUT2D eigenvalue weighted by molar-refractivity contribution is -0.139.